The monoisotopic (exact) mass is 421 g/mol. The van der Waals surface area contributed by atoms with Crippen LogP contribution in [0.3, 0.4) is 0 Å². The summed E-state index contributed by atoms with van der Waals surface area (Å²) >= 11 is 0. The molecule has 3 rings (SSSR count). The number of rotatable bonds is 3. The van der Waals surface area contributed by atoms with Crippen LogP contribution in [0.4, 0.5) is 18.0 Å². The molecule has 0 atom stereocenters. The molecular formula is C15H18F3N5O4S. The molecule has 1 aliphatic heterocycles. The summed E-state index contributed by atoms with van der Waals surface area (Å²) in [5, 5.41) is 6.88. The molecular weight excluding hydrogens is 403 g/mol. The van der Waals surface area contributed by atoms with E-state index in [0.29, 0.717) is 20.0 Å². The number of nitrogens with zero attached hydrogens (tertiary/aromatic N) is 5. The summed E-state index contributed by atoms with van der Waals surface area (Å²) in [6.07, 6.45) is -2.92. The van der Waals surface area contributed by atoms with E-state index in [2.05, 4.69) is 10.2 Å². The van der Waals surface area contributed by atoms with Crippen LogP contribution in [0.15, 0.2) is 23.5 Å². The number of ether oxygens (including phenoxy) is 1. The summed E-state index contributed by atoms with van der Waals surface area (Å²) < 4.78 is 68.8. The molecule has 2 aromatic rings. The summed E-state index contributed by atoms with van der Waals surface area (Å²) in [7, 11) is -4.25. The smallest absolute Gasteiger partial charge is 0.410 e. The number of amides is 1. The molecule has 0 spiro atoms. The molecule has 0 aliphatic carbocycles. The lowest BCUT2D eigenvalue weighted by Gasteiger charge is -2.24. The predicted octanol–water partition coefficient (Wildman–Crippen LogP) is 2.13. The van der Waals surface area contributed by atoms with Gasteiger partial charge in [0.1, 0.15) is 12.1 Å². The quantitative estimate of drug-likeness (QED) is 0.753. The Labute approximate surface area is 158 Å². The van der Waals surface area contributed by atoms with Gasteiger partial charge in [0.05, 0.1) is 18.8 Å². The maximum Gasteiger partial charge on any atom is 0.410 e. The molecule has 28 heavy (non-hydrogen) atoms. The Bertz CT molecular complexity index is 980. The van der Waals surface area contributed by atoms with Crippen molar-refractivity contribution >= 4 is 16.1 Å². The zero-order valence-electron chi connectivity index (χ0n) is 15.3. The second-order valence-electron chi connectivity index (χ2n) is 7.28. The Balaban J connectivity index is 1.76. The molecule has 0 N–H and O–H groups in total. The van der Waals surface area contributed by atoms with Crippen molar-refractivity contribution in [3.63, 3.8) is 0 Å². The van der Waals surface area contributed by atoms with Crippen LogP contribution >= 0.6 is 0 Å². The van der Waals surface area contributed by atoms with E-state index >= 15 is 0 Å². The summed E-state index contributed by atoms with van der Waals surface area (Å²) in [6.45, 7) is 3.96. The third kappa shape index (κ3) is 4.29. The van der Waals surface area contributed by atoms with E-state index < -0.39 is 39.5 Å². The second-order valence-corrected chi connectivity index (χ2v) is 9.02. The fourth-order valence-corrected chi connectivity index (χ4v) is 3.66. The maximum atomic E-state index is 12.6. The van der Waals surface area contributed by atoms with Crippen LogP contribution in [0.2, 0.25) is 0 Å². The third-order valence-electron chi connectivity index (χ3n) is 3.68. The zero-order chi connectivity index (χ0) is 20.9. The SMILES string of the molecule is CC(C)(C)OC(=O)N1Cc2cn(S(=O)(=O)c3ccn(CC(F)(F)F)n3)nc2C1. The molecule has 0 unspecified atom stereocenters. The first kappa shape index (κ1) is 20.2. The Morgan fingerprint density at radius 2 is 1.89 bits per heavy atom. The normalized spacial score (nSPS) is 15.0. The van der Waals surface area contributed by atoms with Gasteiger partial charge in [0.25, 0.3) is 0 Å². The molecule has 0 fully saturated rings. The zero-order valence-corrected chi connectivity index (χ0v) is 16.1. The highest BCUT2D eigenvalue weighted by Crippen LogP contribution is 2.25. The summed E-state index contributed by atoms with van der Waals surface area (Å²) in [5.41, 5.74) is 0.198. The first-order chi connectivity index (χ1) is 12.7. The van der Waals surface area contributed by atoms with Crippen molar-refractivity contribution in [2.75, 3.05) is 0 Å². The van der Waals surface area contributed by atoms with Crippen LogP contribution in [0.25, 0.3) is 0 Å². The average molecular weight is 421 g/mol. The molecule has 0 bridgehead atoms. The number of carbonyl (C=O) groups excluding carboxylic acids is 1. The Hall–Kier alpha value is -2.57. The molecule has 1 amide bonds. The van der Waals surface area contributed by atoms with E-state index in [0.717, 1.165) is 12.3 Å². The number of fused-ring (bicyclic) bond motifs is 1. The van der Waals surface area contributed by atoms with Crippen molar-refractivity contribution in [2.45, 2.75) is 57.2 Å². The molecule has 9 nitrogen and oxygen atoms in total. The highest BCUT2D eigenvalue weighted by Gasteiger charge is 2.33. The van der Waals surface area contributed by atoms with E-state index in [1.165, 1.54) is 11.1 Å². The number of carbonyl (C=O) groups is 1. The Morgan fingerprint density at radius 1 is 1.21 bits per heavy atom. The Morgan fingerprint density at radius 3 is 2.46 bits per heavy atom. The summed E-state index contributed by atoms with van der Waals surface area (Å²) in [5.74, 6) is 0. The number of hydrogen-bond acceptors (Lipinski definition) is 6. The first-order valence-corrected chi connectivity index (χ1v) is 9.60. The van der Waals surface area contributed by atoms with E-state index in [4.69, 9.17) is 4.74 Å². The summed E-state index contributed by atoms with van der Waals surface area (Å²) in [6, 6.07) is 0.973. The van der Waals surface area contributed by atoms with E-state index in [1.807, 2.05) is 0 Å². The first-order valence-electron chi connectivity index (χ1n) is 8.16. The third-order valence-corrected chi connectivity index (χ3v) is 5.10. The molecule has 0 saturated heterocycles. The minimum absolute atomic E-state index is 0.0648. The lowest BCUT2D eigenvalue weighted by molar-refractivity contribution is -0.142. The van der Waals surface area contributed by atoms with Crippen molar-refractivity contribution in [1.29, 1.82) is 0 Å². The van der Waals surface area contributed by atoms with Crippen molar-refractivity contribution in [3.8, 4) is 0 Å². The van der Waals surface area contributed by atoms with Gasteiger partial charge in [0.2, 0.25) is 0 Å². The minimum Gasteiger partial charge on any atom is -0.444 e. The minimum atomic E-state index is -4.52. The topological polar surface area (TPSA) is 99.3 Å². The van der Waals surface area contributed by atoms with Crippen LogP contribution in [-0.4, -0.2) is 50.2 Å². The van der Waals surface area contributed by atoms with Crippen molar-refractivity contribution in [2.24, 2.45) is 0 Å². The largest absolute Gasteiger partial charge is 0.444 e. The number of aromatic nitrogens is 4. The van der Waals surface area contributed by atoms with Gasteiger partial charge in [0, 0.05) is 18.0 Å². The van der Waals surface area contributed by atoms with Gasteiger partial charge in [-0.2, -0.15) is 35.9 Å². The van der Waals surface area contributed by atoms with Crippen LogP contribution in [0, 0.1) is 0 Å². The molecule has 0 aromatic carbocycles. The van der Waals surface area contributed by atoms with Gasteiger partial charge in [-0.1, -0.05) is 0 Å². The predicted molar refractivity (Wildman–Crippen MR) is 88.6 cm³/mol. The fourth-order valence-electron chi connectivity index (χ4n) is 2.55. The molecule has 1 aliphatic rings. The highest BCUT2D eigenvalue weighted by atomic mass is 32.2. The van der Waals surface area contributed by atoms with Gasteiger partial charge < -0.3 is 4.74 Å². The fraction of sp³-hybridized carbons (Fsp3) is 0.533. The molecule has 0 radical (unpaired) electrons. The summed E-state index contributed by atoms with van der Waals surface area (Å²) in [4.78, 5) is 13.5. The number of halogens is 3. The van der Waals surface area contributed by atoms with E-state index in [9.17, 15) is 26.4 Å². The molecule has 13 heteroatoms. The van der Waals surface area contributed by atoms with Crippen LogP contribution in [0.1, 0.15) is 32.0 Å². The molecule has 0 saturated carbocycles. The standard InChI is InChI=1S/C15H18F3N5O4S/c1-14(2,3)27-13(24)21-6-10-7-23(19-11(10)8-21)28(25,26)12-4-5-22(20-12)9-15(16,17)18/h4-5,7H,6,8-9H2,1-3H3. The van der Waals surface area contributed by atoms with E-state index in [-0.39, 0.29) is 13.1 Å². The van der Waals surface area contributed by atoms with Gasteiger partial charge in [-0.05, 0) is 26.8 Å². The van der Waals surface area contributed by atoms with E-state index in [1.54, 1.807) is 20.8 Å². The second kappa shape index (κ2) is 6.50. The number of alkyl halides is 3. The van der Waals surface area contributed by atoms with Gasteiger partial charge in [-0.3, -0.25) is 9.58 Å². The van der Waals surface area contributed by atoms with Crippen molar-refractivity contribution in [1.82, 2.24) is 23.9 Å². The lowest BCUT2D eigenvalue weighted by Crippen LogP contribution is -2.33. The lowest BCUT2D eigenvalue weighted by atomic mass is 10.2. The van der Waals surface area contributed by atoms with Crippen LogP contribution in [0.5, 0.6) is 0 Å². The highest BCUT2D eigenvalue weighted by molar-refractivity contribution is 7.89. The molecule has 2 aromatic heterocycles. The number of hydrogen-bond donors (Lipinski definition) is 0. The van der Waals surface area contributed by atoms with Crippen molar-refractivity contribution in [3.05, 3.63) is 29.7 Å². The van der Waals surface area contributed by atoms with Gasteiger partial charge in [-0.15, -0.1) is 0 Å². The van der Waals surface area contributed by atoms with Crippen LogP contribution < -0.4 is 0 Å². The molecule has 3 heterocycles. The maximum absolute atomic E-state index is 12.6. The van der Waals surface area contributed by atoms with Gasteiger partial charge in [0.15, 0.2) is 5.03 Å². The molecule has 154 valence electrons. The van der Waals surface area contributed by atoms with Crippen LogP contribution in [-0.2, 0) is 34.4 Å². The van der Waals surface area contributed by atoms with Gasteiger partial charge in [-0.25, -0.2) is 4.79 Å². The van der Waals surface area contributed by atoms with Gasteiger partial charge >= 0.3 is 22.3 Å². The van der Waals surface area contributed by atoms with Crippen molar-refractivity contribution < 1.29 is 31.1 Å². The average Bonchev–Trinajstić information content (AvgIpc) is 3.16. The Kier molecular flexibility index (Phi) is 4.68.